The molecule has 160 valence electrons. The fourth-order valence-electron chi connectivity index (χ4n) is 2.74. The molecule has 0 aliphatic heterocycles. The minimum Gasteiger partial charge on any atom is -0.454 e. The van der Waals surface area contributed by atoms with E-state index in [2.05, 4.69) is 42.5 Å². The summed E-state index contributed by atoms with van der Waals surface area (Å²) in [5, 5.41) is 5.52. The zero-order valence-electron chi connectivity index (χ0n) is 16.4. The standard InChI is InChI=1S/C22H16Br2Cl2N2O3/c1-11-9-17(27-22(30)28-21(29)14-5-3-4-6-16(14)25)12(2)19(26)20(11)31-18-8-7-13(23)10-15(18)24/h3-10H,1-2H3,(H2,27,28,29,30). The number of rotatable bonds is 4. The summed E-state index contributed by atoms with van der Waals surface area (Å²) < 4.78 is 7.67. The molecule has 0 unspecified atom stereocenters. The van der Waals surface area contributed by atoms with Crippen LogP contribution in [0.2, 0.25) is 10.0 Å². The predicted octanol–water partition coefficient (Wildman–Crippen LogP) is 7.89. The number of hydrogen-bond acceptors (Lipinski definition) is 3. The fourth-order valence-corrected chi connectivity index (χ4v) is 4.38. The number of imide groups is 1. The highest BCUT2D eigenvalue weighted by atomic mass is 79.9. The molecule has 2 N–H and O–H groups in total. The summed E-state index contributed by atoms with van der Waals surface area (Å²) >= 11 is 19.4. The number of benzene rings is 3. The molecule has 3 aromatic rings. The molecule has 3 amide bonds. The molecule has 0 aliphatic carbocycles. The molecule has 0 radical (unpaired) electrons. The Morgan fingerprint density at radius 1 is 1.00 bits per heavy atom. The molecule has 0 saturated carbocycles. The van der Waals surface area contributed by atoms with Crippen molar-refractivity contribution in [2.75, 3.05) is 5.32 Å². The van der Waals surface area contributed by atoms with Crippen LogP contribution in [0.15, 0.2) is 57.5 Å². The second-order valence-corrected chi connectivity index (χ2v) is 9.13. The number of halogens is 4. The zero-order chi connectivity index (χ0) is 22.7. The van der Waals surface area contributed by atoms with Gasteiger partial charge in [0.2, 0.25) is 0 Å². The van der Waals surface area contributed by atoms with Gasteiger partial charge in [0.1, 0.15) is 11.5 Å². The average Bonchev–Trinajstić information content (AvgIpc) is 2.70. The van der Waals surface area contributed by atoms with E-state index in [1.54, 1.807) is 37.3 Å². The molecule has 5 nitrogen and oxygen atoms in total. The molecule has 0 aliphatic rings. The van der Waals surface area contributed by atoms with Gasteiger partial charge >= 0.3 is 6.03 Å². The van der Waals surface area contributed by atoms with E-state index >= 15 is 0 Å². The minimum absolute atomic E-state index is 0.203. The van der Waals surface area contributed by atoms with Gasteiger partial charge in [-0.15, -0.1) is 0 Å². The van der Waals surface area contributed by atoms with Crippen molar-refractivity contribution >= 4 is 72.7 Å². The fraction of sp³-hybridized carbons (Fsp3) is 0.0909. The second-order valence-electron chi connectivity index (χ2n) is 6.57. The van der Waals surface area contributed by atoms with Gasteiger partial charge < -0.3 is 10.1 Å². The Labute approximate surface area is 206 Å². The number of nitrogens with one attached hydrogen (secondary N) is 2. The van der Waals surface area contributed by atoms with Gasteiger partial charge in [0.15, 0.2) is 0 Å². The summed E-state index contributed by atoms with van der Waals surface area (Å²) in [5.41, 5.74) is 1.96. The molecule has 0 spiro atoms. The highest BCUT2D eigenvalue weighted by Crippen LogP contribution is 2.41. The van der Waals surface area contributed by atoms with E-state index in [1.807, 2.05) is 19.1 Å². The van der Waals surface area contributed by atoms with E-state index in [9.17, 15) is 9.59 Å². The maximum atomic E-state index is 12.4. The van der Waals surface area contributed by atoms with Gasteiger partial charge in [-0.25, -0.2) is 4.79 Å². The van der Waals surface area contributed by atoms with Crippen LogP contribution in [0.1, 0.15) is 21.5 Å². The summed E-state index contributed by atoms with van der Waals surface area (Å²) in [6, 6.07) is 13.0. The van der Waals surface area contributed by atoms with E-state index < -0.39 is 11.9 Å². The van der Waals surface area contributed by atoms with Crippen LogP contribution in [0.4, 0.5) is 10.5 Å². The van der Waals surface area contributed by atoms with Gasteiger partial charge in [-0.05, 0) is 77.3 Å². The third-order valence-corrected chi connectivity index (χ3v) is 6.25. The lowest BCUT2D eigenvalue weighted by atomic mass is 10.1. The Morgan fingerprint density at radius 2 is 1.71 bits per heavy atom. The number of urea groups is 1. The first-order chi connectivity index (χ1) is 14.7. The Bertz CT molecular complexity index is 1190. The predicted molar refractivity (Wildman–Crippen MR) is 131 cm³/mol. The lowest BCUT2D eigenvalue weighted by molar-refractivity contribution is 0.0967. The molecule has 0 bridgehead atoms. The minimum atomic E-state index is -0.701. The number of ether oxygens (including phenoxy) is 1. The number of hydrogen-bond donors (Lipinski definition) is 2. The number of anilines is 1. The van der Waals surface area contributed by atoms with Crippen molar-refractivity contribution in [3.8, 4) is 11.5 Å². The SMILES string of the molecule is Cc1cc(NC(=O)NC(=O)c2ccccc2Cl)c(C)c(Cl)c1Oc1ccc(Br)cc1Br. The van der Waals surface area contributed by atoms with Crippen molar-refractivity contribution in [2.24, 2.45) is 0 Å². The third kappa shape index (κ3) is 5.60. The van der Waals surface area contributed by atoms with E-state index in [-0.39, 0.29) is 10.6 Å². The monoisotopic (exact) mass is 584 g/mol. The summed E-state index contributed by atoms with van der Waals surface area (Å²) in [6.07, 6.45) is 0. The van der Waals surface area contributed by atoms with Gasteiger partial charge in [0.25, 0.3) is 5.91 Å². The number of carbonyl (C=O) groups excluding carboxylic acids is 2. The third-order valence-electron chi connectivity index (χ3n) is 4.35. The van der Waals surface area contributed by atoms with Gasteiger partial charge in [-0.3, -0.25) is 10.1 Å². The van der Waals surface area contributed by atoms with Crippen LogP contribution >= 0.6 is 55.1 Å². The molecule has 3 rings (SSSR count). The maximum absolute atomic E-state index is 12.4. The first kappa shape index (κ1) is 23.6. The van der Waals surface area contributed by atoms with Crippen LogP contribution in [0.5, 0.6) is 11.5 Å². The largest absolute Gasteiger partial charge is 0.454 e. The van der Waals surface area contributed by atoms with Crippen LogP contribution < -0.4 is 15.4 Å². The van der Waals surface area contributed by atoms with E-state index in [4.69, 9.17) is 27.9 Å². The molecular formula is C22H16Br2Cl2N2O3. The van der Waals surface area contributed by atoms with Crippen molar-refractivity contribution in [3.05, 3.63) is 84.2 Å². The summed E-state index contributed by atoms with van der Waals surface area (Å²) in [4.78, 5) is 24.7. The summed E-state index contributed by atoms with van der Waals surface area (Å²) in [7, 11) is 0. The normalized spacial score (nSPS) is 10.5. The Kier molecular flexibility index (Phi) is 7.64. The average molecular weight is 587 g/mol. The van der Waals surface area contributed by atoms with E-state index in [0.717, 1.165) is 8.95 Å². The van der Waals surface area contributed by atoms with Crippen LogP contribution in [0.25, 0.3) is 0 Å². The lowest BCUT2D eigenvalue weighted by Crippen LogP contribution is -2.34. The summed E-state index contributed by atoms with van der Waals surface area (Å²) in [5.74, 6) is 0.459. The maximum Gasteiger partial charge on any atom is 0.326 e. The van der Waals surface area contributed by atoms with Crippen molar-refractivity contribution in [1.82, 2.24) is 5.32 Å². The van der Waals surface area contributed by atoms with Gasteiger partial charge in [-0.2, -0.15) is 0 Å². The van der Waals surface area contributed by atoms with Gasteiger partial charge in [0.05, 0.1) is 20.1 Å². The van der Waals surface area contributed by atoms with E-state index in [1.165, 1.54) is 6.07 Å². The first-order valence-electron chi connectivity index (χ1n) is 8.97. The van der Waals surface area contributed by atoms with Crippen LogP contribution in [0, 0.1) is 13.8 Å². The van der Waals surface area contributed by atoms with Crippen molar-refractivity contribution in [2.45, 2.75) is 13.8 Å². The molecule has 0 fully saturated rings. The number of carbonyl (C=O) groups is 2. The number of amides is 3. The van der Waals surface area contributed by atoms with Crippen molar-refractivity contribution < 1.29 is 14.3 Å². The van der Waals surface area contributed by atoms with Gasteiger partial charge in [-0.1, -0.05) is 51.3 Å². The van der Waals surface area contributed by atoms with Crippen molar-refractivity contribution in [1.29, 1.82) is 0 Å². The molecule has 0 heterocycles. The molecule has 31 heavy (non-hydrogen) atoms. The highest BCUT2D eigenvalue weighted by molar-refractivity contribution is 9.11. The molecular weight excluding hydrogens is 571 g/mol. The number of aryl methyl sites for hydroxylation is 1. The summed E-state index contributed by atoms with van der Waals surface area (Å²) in [6.45, 7) is 3.56. The smallest absolute Gasteiger partial charge is 0.326 e. The molecule has 0 saturated heterocycles. The quantitative estimate of drug-likeness (QED) is 0.327. The Morgan fingerprint density at radius 3 is 2.39 bits per heavy atom. The molecule has 9 heteroatoms. The van der Waals surface area contributed by atoms with Crippen LogP contribution in [-0.4, -0.2) is 11.9 Å². The molecule has 3 aromatic carbocycles. The van der Waals surface area contributed by atoms with E-state index in [0.29, 0.717) is 33.3 Å². The topological polar surface area (TPSA) is 67.4 Å². The molecule has 0 atom stereocenters. The first-order valence-corrected chi connectivity index (χ1v) is 11.3. The highest BCUT2D eigenvalue weighted by Gasteiger charge is 2.18. The molecule has 0 aromatic heterocycles. The zero-order valence-corrected chi connectivity index (χ0v) is 21.0. The van der Waals surface area contributed by atoms with Gasteiger partial charge in [0, 0.05) is 10.2 Å². The Hall–Kier alpha value is -2.06. The lowest BCUT2D eigenvalue weighted by Gasteiger charge is -2.17. The Balaban J connectivity index is 1.79. The second kappa shape index (κ2) is 10.0. The van der Waals surface area contributed by atoms with Crippen LogP contribution in [0.3, 0.4) is 0 Å². The van der Waals surface area contributed by atoms with Crippen molar-refractivity contribution in [3.63, 3.8) is 0 Å². The van der Waals surface area contributed by atoms with Crippen LogP contribution in [-0.2, 0) is 0 Å².